The van der Waals surface area contributed by atoms with E-state index in [1.807, 2.05) is 13.0 Å². The monoisotopic (exact) mass is 310 g/mol. The second-order valence-electron chi connectivity index (χ2n) is 4.91. The standard InChI is InChI=1S/C14H19BrN2O/c1-10-12(6-4-8-16-10)14(18)17-9-11-5-2-3-7-13(11)15/h4,6,8,11,13H,2-3,5,7,9H2,1H3,(H,17,18). The Morgan fingerprint density at radius 2 is 2.28 bits per heavy atom. The number of aromatic nitrogens is 1. The normalized spacial score (nSPS) is 23.7. The highest BCUT2D eigenvalue weighted by Crippen LogP contribution is 2.29. The van der Waals surface area contributed by atoms with Crippen molar-refractivity contribution in [3.63, 3.8) is 0 Å². The summed E-state index contributed by atoms with van der Waals surface area (Å²) < 4.78 is 0. The summed E-state index contributed by atoms with van der Waals surface area (Å²) in [6.45, 7) is 2.62. The lowest BCUT2D eigenvalue weighted by Crippen LogP contribution is -2.34. The predicted octanol–water partition coefficient (Wildman–Crippen LogP) is 3.07. The number of hydrogen-bond acceptors (Lipinski definition) is 2. The summed E-state index contributed by atoms with van der Waals surface area (Å²) in [6, 6.07) is 3.62. The molecule has 3 nitrogen and oxygen atoms in total. The summed E-state index contributed by atoms with van der Waals surface area (Å²) in [5.41, 5.74) is 1.47. The van der Waals surface area contributed by atoms with Gasteiger partial charge in [0.1, 0.15) is 0 Å². The van der Waals surface area contributed by atoms with Gasteiger partial charge in [0.25, 0.3) is 5.91 Å². The highest BCUT2D eigenvalue weighted by molar-refractivity contribution is 9.09. The van der Waals surface area contributed by atoms with E-state index >= 15 is 0 Å². The minimum absolute atomic E-state index is 0.00845. The number of halogens is 1. The van der Waals surface area contributed by atoms with Crippen molar-refractivity contribution in [2.24, 2.45) is 5.92 Å². The molecule has 98 valence electrons. The van der Waals surface area contributed by atoms with Crippen LogP contribution < -0.4 is 5.32 Å². The highest BCUT2D eigenvalue weighted by atomic mass is 79.9. The Morgan fingerprint density at radius 1 is 1.50 bits per heavy atom. The van der Waals surface area contributed by atoms with E-state index in [4.69, 9.17) is 0 Å². The van der Waals surface area contributed by atoms with Gasteiger partial charge in [-0.15, -0.1) is 0 Å². The van der Waals surface area contributed by atoms with Gasteiger partial charge < -0.3 is 5.32 Å². The van der Waals surface area contributed by atoms with E-state index in [1.54, 1.807) is 12.3 Å². The van der Waals surface area contributed by atoms with Crippen molar-refractivity contribution in [2.75, 3.05) is 6.54 Å². The maximum atomic E-state index is 12.0. The first-order valence-corrected chi connectivity index (χ1v) is 7.44. The van der Waals surface area contributed by atoms with Crippen LogP contribution in [0.15, 0.2) is 18.3 Å². The molecule has 1 N–H and O–H groups in total. The third-order valence-corrected chi connectivity index (χ3v) is 4.80. The van der Waals surface area contributed by atoms with Gasteiger partial charge in [-0.2, -0.15) is 0 Å². The lowest BCUT2D eigenvalue weighted by molar-refractivity contribution is 0.0943. The smallest absolute Gasteiger partial charge is 0.253 e. The molecule has 1 aliphatic rings. The molecule has 0 bridgehead atoms. The molecule has 0 spiro atoms. The number of hydrogen-bond donors (Lipinski definition) is 1. The van der Waals surface area contributed by atoms with Crippen molar-refractivity contribution in [3.05, 3.63) is 29.6 Å². The Kier molecular flexibility index (Phi) is 4.75. The zero-order chi connectivity index (χ0) is 13.0. The van der Waals surface area contributed by atoms with Crippen molar-refractivity contribution in [1.29, 1.82) is 0 Å². The molecule has 1 heterocycles. The average Bonchev–Trinajstić information content (AvgIpc) is 2.38. The molecule has 0 aliphatic heterocycles. The molecule has 1 aromatic heterocycles. The third kappa shape index (κ3) is 3.31. The quantitative estimate of drug-likeness (QED) is 0.872. The van der Waals surface area contributed by atoms with Crippen molar-refractivity contribution < 1.29 is 4.79 Å². The molecule has 0 radical (unpaired) electrons. The first kappa shape index (κ1) is 13.5. The van der Waals surface area contributed by atoms with E-state index in [-0.39, 0.29) is 5.91 Å². The predicted molar refractivity (Wildman–Crippen MR) is 76.0 cm³/mol. The van der Waals surface area contributed by atoms with Crippen molar-refractivity contribution >= 4 is 21.8 Å². The molecule has 2 atom stereocenters. The Labute approximate surface area is 117 Å². The third-order valence-electron chi connectivity index (χ3n) is 3.59. The number of nitrogens with one attached hydrogen (secondary N) is 1. The van der Waals surface area contributed by atoms with E-state index in [1.165, 1.54) is 25.7 Å². The van der Waals surface area contributed by atoms with Gasteiger partial charge in [0.05, 0.1) is 5.56 Å². The lowest BCUT2D eigenvalue weighted by Gasteiger charge is -2.27. The molecule has 0 aromatic carbocycles. The molecule has 0 saturated heterocycles. The lowest BCUT2D eigenvalue weighted by atomic mass is 9.89. The molecule has 18 heavy (non-hydrogen) atoms. The number of carbonyl (C=O) groups excluding carboxylic acids is 1. The molecule has 1 amide bonds. The zero-order valence-electron chi connectivity index (χ0n) is 10.7. The fourth-order valence-corrected chi connectivity index (χ4v) is 3.21. The van der Waals surface area contributed by atoms with Crippen molar-refractivity contribution in [1.82, 2.24) is 10.3 Å². The molecule has 2 unspecified atom stereocenters. The summed E-state index contributed by atoms with van der Waals surface area (Å²) >= 11 is 3.71. The van der Waals surface area contributed by atoms with Gasteiger partial charge in [0.15, 0.2) is 0 Å². The number of alkyl halides is 1. The van der Waals surface area contributed by atoms with Crippen LogP contribution in [0.25, 0.3) is 0 Å². The number of pyridine rings is 1. The number of nitrogens with zero attached hydrogens (tertiary/aromatic N) is 1. The van der Waals surface area contributed by atoms with Crippen LogP contribution in [0, 0.1) is 12.8 Å². The molecular weight excluding hydrogens is 292 g/mol. The summed E-state index contributed by atoms with van der Waals surface area (Å²) in [6.07, 6.45) is 6.69. The number of aryl methyl sites for hydroxylation is 1. The number of carbonyl (C=O) groups is 1. The van der Waals surface area contributed by atoms with Gasteiger partial charge >= 0.3 is 0 Å². The maximum absolute atomic E-state index is 12.0. The van der Waals surface area contributed by atoms with Gasteiger partial charge in [-0.3, -0.25) is 9.78 Å². The summed E-state index contributed by atoms with van der Waals surface area (Å²) in [5, 5.41) is 3.03. The maximum Gasteiger partial charge on any atom is 0.253 e. The van der Waals surface area contributed by atoms with Gasteiger partial charge in [-0.25, -0.2) is 0 Å². The zero-order valence-corrected chi connectivity index (χ0v) is 12.2. The van der Waals surface area contributed by atoms with Crippen molar-refractivity contribution in [2.45, 2.75) is 37.4 Å². The Bertz CT molecular complexity index is 422. The minimum atomic E-state index is -0.00845. The summed E-state index contributed by atoms with van der Waals surface area (Å²) in [5.74, 6) is 0.547. The van der Waals surface area contributed by atoms with Crippen LogP contribution in [-0.2, 0) is 0 Å². The first-order chi connectivity index (χ1) is 8.68. The Hall–Kier alpha value is -0.900. The van der Waals surface area contributed by atoms with Crippen LogP contribution in [0.5, 0.6) is 0 Å². The summed E-state index contributed by atoms with van der Waals surface area (Å²) in [7, 11) is 0. The van der Waals surface area contributed by atoms with Crippen molar-refractivity contribution in [3.8, 4) is 0 Å². The number of rotatable bonds is 3. The molecule has 1 saturated carbocycles. The van der Waals surface area contributed by atoms with E-state index in [0.717, 1.165) is 12.2 Å². The first-order valence-electron chi connectivity index (χ1n) is 6.52. The van der Waals surface area contributed by atoms with Gasteiger partial charge in [0.2, 0.25) is 0 Å². The van der Waals surface area contributed by atoms with E-state index < -0.39 is 0 Å². The van der Waals surface area contributed by atoms with Crippen LogP contribution >= 0.6 is 15.9 Å². The van der Waals surface area contributed by atoms with Gasteiger partial charge in [-0.1, -0.05) is 28.8 Å². The van der Waals surface area contributed by atoms with Gasteiger partial charge in [0, 0.05) is 23.3 Å². The fourth-order valence-electron chi connectivity index (χ4n) is 2.44. The fraction of sp³-hybridized carbons (Fsp3) is 0.571. The highest BCUT2D eigenvalue weighted by Gasteiger charge is 2.23. The average molecular weight is 311 g/mol. The topological polar surface area (TPSA) is 42.0 Å². The molecule has 1 fully saturated rings. The molecule has 4 heteroatoms. The molecule has 1 aliphatic carbocycles. The summed E-state index contributed by atoms with van der Waals surface area (Å²) in [4.78, 5) is 16.7. The minimum Gasteiger partial charge on any atom is -0.352 e. The van der Waals surface area contributed by atoms with E-state index in [9.17, 15) is 4.79 Å². The largest absolute Gasteiger partial charge is 0.352 e. The van der Waals surface area contributed by atoms with E-state index in [0.29, 0.717) is 16.3 Å². The van der Waals surface area contributed by atoms with Crippen LogP contribution in [0.2, 0.25) is 0 Å². The number of amides is 1. The van der Waals surface area contributed by atoms with Crippen LogP contribution in [0.4, 0.5) is 0 Å². The van der Waals surface area contributed by atoms with Gasteiger partial charge in [-0.05, 0) is 37.8 Å². The molecule has 1 aromatic rings. The second kappa shape index (κ2) is 6.32. The Balaban J connectivity index is 1.90. The molecular formula is C14H19BrN2O. The second-order valence-corrected chi connectivity index (χ2v) is 6.08. The molecule has 2 rings (SSSR count). The van der Waals surface area contributed by atoms with Crippen LogP contribution in [-0.4, -0.2) is 22.3 Å². The van der Waals surface area contributed by atoms with Crippen LogP contribution in [0.3, 0.4) is 0 Å². The SMILES string of the molecule is Cc1ncccc1C(=O)NCC1CCCCC1Br. The van der Waals surface area contributed by atoms with E-state index in [2.05, 4.69) is 26.2 Å². The Morgan fingerprint density at radius 3 is 3.00 bits per heavy atom. The van der Waals surface area contributed by atoms with Crippen LogP contribution in [0.1, 0.15) is 41.7 Å².